The van der Waals surface area contributed by atoms with Crippen LogP contribution in [-0.4, -0.2) is 35.2 Å². The van der Waals surface area contributed by atoms with Gasteiger partial charge in [-0.1, -0.05) is 19.1 Å². The van der Waals surface area contributed by atoms with Crippen molar-refractivity contribution in [2.24, 2.45) is 0 Å². The van der Waals surface area contributed by atoms with Gasteiger partial charge >= 0.3 is 6.03 Å². The van der Waals surface area contributed by atoms with E-state index in [1.165, 1.54) is 24.3 Å². The molecule has 1 aromatic carbocycles. The molecule has 0 bridgehead atoms. The molecule has 1 aromatic rings. The van der Waals surface area contributed by atoms with Crippen LogP contribution in [0.1, 0.15) is 31.9 Å². The van der Waals surface area contributed by atoms with Gasteiger partial charge in [0, 0.05) is 12.6 Å². The lowest BCUT2D eigenvalue weighted by Gasteiger charge is -2.16. The van der Waals surface area contributed by atoms with Crippen LogP contribution < -0.4 is 10.6 Å². The number of aliphatic hydroxyl groups excluding tert-OH is 1. The monoisotopic (exact) mass is 314 g/mol. The summed E-state index contributed by atoms with van der Waals surface area (Å²) in [5.74, 6) is 1.73. The summed E-state index contributed by atoms with van der Waals surface area (Å²) in [5, 5.41) is 15.3. The minimum Gasteiger partial charge on any atom is -0.387 e. The molecule has 4 nitrogen and oxygen atoms in total. The van der Waals surface area contributed by atoms with E-state index in [1.807, 2.05) is 18.7 Å². The number of aliphatic hydroxyl groups is 1. The first-order valence-corrected chi connectivity index (χ1v) is 8.24. The van der Waals surface area contributed by atoms with E-state index < -0.39 is 6.10 Å². The number of rotatable bonds is 8. The first-order valence-electron chi connectivity index (χ1n) is 7.08. The minimum atomic E-state index is -0.845. The molecule has 0 radical (unpaired) electrons. The lowest BCUT2D eigenvalue weighted by molar-refractivity contribution is 0.172. The Morgan fingerprint density at radius 2 is 2.05 bits per heavy atom. The van der Waals surface area contributed by atoms with Crippen molar-refractivity contribution in [1.29, 1.82) is 0 Å². The average Bonchev–Trinajstić information content (AvgIpc) is 2.46. The van der Waals surface area contributed by atoms with E-state index in [1.54, 1.807) is 0 Å². The van der Waals surface area contributed by atoms with Gasteiger partial charge in [0.05, 0.1) is 6.10 Å². The first kappa shape index (κ1) is 17.8. The Labute approximate surface area is 129 Å². The Morgan fingerprint density at radius 3 is 2.67 bits per heavy atom. The average molecular weight is 314 g/mol. The van der Waals surface area contributed by atoms with Crippen LogP contribution in [-0.2, 0) is 0 Å². The number of hydrogen-bond acceptors (Lipinski definition) is 3. The quantitative estimate of drug-likeness (QED) is 0.647. The highest BCUT2D eigenvalue weighted by Crippen LogP contribution is 2.12. The van der Waals surface area contributed by atoms with Crippen LogP contribution in [0.2, 0.25) is 0 Å². The zero-order chi connectivity index (χ0) is 15.7. The number of carbonyl (C=O) groups is 1. The van der Waals surface area contributed by atoms with Crippen molar-refractivity contribution >= 4 is 17.8 Å². The van der Waals surface area contributed by atoms with Gasteiger partial charge < -0.3 is 15.7 Å². The Morgan fingerprint density at radius 1 is 1.38 bits per heavy atom. The third kappa shape index (κ3) is 7.34. The van der Waals surface area contributed by atoms with Gasteiger partial charge in [0.25, 0.3) is 0 Å². The minimum absolute atomic E-state index is 0.0898. The van der Waals surface area contributed by atoms with Gasteiger partial charge in [0.15, 0.2) is 0 Å². The number of carbonyl (C=O) groups excluding carboxylic acids is 1. The Bertz CT molecular complexity index is 428. The van der Waals surface area contributed by atoms with Crippen LogP contribution in [0.25, 0.3) is 0 Å². The molecule has 0 aliphatic rings. The fourth-order valence-corrected chi connectivity index (χ4v) is 2.55. The van der Waals surface area contributed by atoms with Gasteiger partial charge in [-0.2, -0.15) is 11.8 Å². The maximum absolute atomic E-state index is 12.8. The molecular weight excluding hydrogens is 291 g/mol. The third-order valence-electron chi connectivity index (χ3n) is 2.99. The summed E-state index contributed by atoms with van der Waals surface area (Å²) in [4.78, 5) is 11.7. The van der Waals surface area contributed by atoms with Gasteiger partial charge in [-0.05, 0) is 42.5 Å². The van der Waals surface area contributed by atoms with Crippen LogP contribution in [0, 0.1) is 5.82 Å². The van der Waals surface area contributed by atoms with E-state index in [-0.39, 0.29) is 24.4 Å². The number of nitrogens with one attached hydrogen (secondary N) is 2. The maximum atomic E-state index is 12.8. The Hall–Kier alpha value is -1.27. The summed E-state index contributed by atoms with van der Waals surface area (Å²) in [6.45, 7) is 4.15. The van der Waals surface area contributed by atoms with Gasteiger partial charge in [-0.25, -0.2) is 9.18 Å². The molecule has 0 saturated heterocycles. The Kier molecular flexibility index (Phi) is 8.15. The van der Waals surface area contributed by atoms with E-state index in [0.717, 1.165) is 17.9 Å². The van der Waals surface area contributed by atoms with Crippen molar-refractivity contribution in [3.8, 4) is 0 Å². The summed E-state index contributed by atoms with van der Waals surface area (Å²) in [6.07, 6.45) is 0.0641. The van der Waals surface area contributed by atoms with Gasteiger partial charge in [-0.3, -0.25) is 0 Å². The van der Waals surface area contributed by atoms with Crippen LogP contribution in [0.4, 0.5) is 9.18 Å². The molecule has 2 atom stereocenters. The molecule has 0 heterocycles. The van der Waals surface area contributed by atoms with Crippen LogP contribution >= 0.6 is 11.8 Å². The second-order valence-electron chi connectivity index (χ2n) is 4.81. The van der Waals surface area contributed by atoms with Crippen molar-refractivity contribution in [1.82, 2.24) is 10.6 Å². The third-order valence-corrected chi connectivity index (χ3v) is 3.92. The van der Waals surface area contributed by atoms with Crippen LogP contribution in [0.15, 0.2) is 24.3 Å². The van der Waals surface area contributed by atoms with E-state index in [2.05, 4.69) is 17.6 Å². The van der Waals surface area contributed by atoms with Crippen molar-refractivity contribution in [3.05, 3.63) is 35.6 Å². The number of urea groups is 1. The highest BCUT2D eigenvalue weighted by atomic mass is 32.2. The molecular formula is C15H23FN2O2S. The molecule has 2 amide bonds. The standard InChI is InChI=1S/C15H23FN2O2S/c1-3-21-9-8-11(2)18-15(20)17-10-14(19)12-4-6-13(16)7-5-12/h4-7,11,14,19H,3,8-10H2,1-2H3,(H2,17,18,20). The molecule has 0 saturated carbocycles. The molecule has 0 fully saturated rings. The summed E-state index contributed by atoms with van der Waals surface area (Å²) < 4.78 is 12.8. The lowest BCUT2D eigenvalue weighted by Crippen LogP contribution is -2.42. The Balaban J connectivity index is 2.27. The van der Waals surface area contributed by atoms with E-state index in [0.29, 0.717) is 5.56 Å². The highest BCUT2D eigenvalue weighted by molar-refractivity contribution is 7.99. The fraction of sp³-hybridized carbons (Fsp3) is 0.533. The fourth-order valence-electron chi connectivity index (χ4n) is 1.74. The van der Waals surface area contributed by atoms with E-state index in [9.17, 15) is 14.3 Å². The molecule has 0 spiro atoms. The normalized spacial score (nSPS) is 13.5. The topological polar surface area (TPSA) is 61.4 Å². The van der Waals surface area contributed by atoms with Crippen molar-refractivity contribution in [3.63, 3.8) is 0 Å². The molecule has 6 heteroatoms. The molecule has 3 N–H and O–H groups in total. The van der Waals surface area contributed by atoms with Gasteiger partial charge in [-0.15, -0.1) is 0 Å². The molecule has 0 aliphatic carbocycles. The largest absolute Gasteiger partial charge is 0.387 e. The maximum Gasteiger partial charge on any atom is 0.315 e. The summed E-state index contributed by atoms with van der Waals surface area (Å²) in [6, 6.07) is 5.36. The van der Waals surface area contributed by atoms with Crippen LogP contribution in [0.3, 0.4) is 0 Å². The predicted octanol–water partition coefficient (Wildman–Crippen LogP) is 2.69. The van der Waals surface area contributed by atoms with Crippen molar-refractivity contribution < 1.29 is 14.3 Å². The summed E-state index contributed by atoms with van der Waals surface area (Å²) in [7, 11) is 0. The molecule has 1 rings (SSSR count). The lowest BCUT2D eigenvalue weighted by atomic mass is 10.1. The molecule has 2 unspecified atom stereocenters. The summed E-state index contributed by atoms with van der Waals surface area (Å²) in [5.41, 5.74) is 0.573. The zero-order valence-corrected chi connectivity index (χ0v) is 13.3. The van der Waals surface area contributed by atoms with Crippen molar-refractivity contribution in [2.75, 3.05) is 18.1 Å². The SMILES string of the molecule is CCSCCC(C)NC(=O)NCC(O)c1ccc(F)cc1. The van der Waals surface area contributed by atoms with Gasteiger partial charge in [0.1, 0.15) is 5.82 Å². The molecule has 21 heavy (non-hydrogen) atoms. The number of benzene rings is 1. The first-order chi connectivity index (χ1) is 10.0. The van der Waals surface area contributed by atoms with Crippen LogP contribution in [0.5, 0.6) is 0 Å². The molecule has 0 aromatic heterocycles. The van der Waals surface area contributed by atoms with Gasteiger partial charge in [0.2, 0.25) is 0 Å². The highest BCUT2D eigenvalue weighted by Gasteiger charge is 2.11. The molecule has 118 valence electrons. The predicted molar refractivity (Wildman–Crippen MR) is 85.0 cm³/mol. The number of hydrogen-bond donors (Lipinski definition) is 3. The smallest absolute Gasteiger partial charge is 0.315 e. The zero-order valence-electron chi connectivity index (χ0n) is 12.4. The van der Waals surface area contributed by atoms with E-state index >= 15 is 0 Å². The van der Waals surface area contributed by atoms with Crippen molar-refractivity contribution in [2.45, 2.75) is 32.4 Å². The second-order valence-corrected chi connectivity index (χ2v) is 6.20. The second kappa shape index (κ2) is 9.63. The number of halogens is 1. The summed E-state index contributed by atoms with van der Waals surface area (Å²) >= 11 is 1.84. The number of thioether (sulfide) groups is 1. The molecule has 0 aliphatic heterocycles. The number of amides is 2. The van der Waals surface area contributed by atoms with E-state index in [4.69, 9.17) is 0 Å².